The van der Waals surface area contributed by atoms with E-state index in [9.17, 15) is 0 Å². The molecular formula is C15H26BrN3O. The van der Waals surface area contributed by atoms with Crippen molar-refractivity contribution in [2.75, 3.05) is 14.2 Å². The Balaban J connectivity index is 2.43. The predicted octanol–water partition coefficient (Wildman–Crippen LogP) is 3.84. The molecule has 1 aromatic heterocycles. The molecule has 0 radical (unpaired) electrons. The van der Waals surface area contributed by atoms with Crippen molar-refractivity contribution in [2.45, 2.75) is 63.6 Å². The SMILES string of the molecule is CNC(c1c(Br)cnn1C(C)C)C1(OC)CCCCC1. The summed E-state index contributed by atoms with van der Waals surface area (Å²) in [6, 6.07) is 0.497. The molecule has 0 saturated heterocycles. The van der Waals surface area contributed by atoms with Gasteiger partial charge < -0.3 is 10.1 Å². The minimum atomic E-state index is -0.123. The zero-order valence-electron chi connectivity index (χ0n) is 12.9. The number of methoxy groups -OCH3 is 1. The Labute approximate surface area is 130 Å². The Morgan fingerprint density at radius 2 is 2.00 bits per heavy atom. The van der Waals surface area contributed by atoms with Gasteiger partial charge in [-0.15, -0.1) is 0 Å². The molecule has 114 valence electrons. The van der Waals surface area contributed by atoms with Gasteiger partial charge in [0.1, 0.15) is 0 Å². The topological polar surface area (TPSA) is 39.1 Å². The van der Waals surface area contributed by atoms with Crippen LogP contribution in [-0.4, -0.2) is 29.5 Å². The minimum absolute atomic E-state index is 0.123. The molecule has 1 heterocycles. The lowest BCUT2D eigenvalue weighted by Crippen LogP contribution is -2.47. The standard InChI is InChI=1S/C15H26BrN3O/c1-11(2)19-13(12(16)10-18-19)14(17-3)15(20-4)8-6-5-7-9-15/h10-11,14,17H,5-9H2,1-4H3. The fraction of sp³-hybridized carbons (Fsp3) is 0.800. The van der Waals surface area contributed by atoms with E-state index in [-0.39, 0.29) is 11.6 Å². The molecule has 1 unspecified atom stereocenters. The highest BCUT2D eigenvalue weighted by atomic mass is 79.9. The maximum Gasteiger partial charge on any atom is 0.0888 e. The number of nitrogens with zero attached hydrogens (tertiary/aromatic N) is 2. The third kappa shape index (κ3) is 2.81. The molecule has 20 heavy (non-hydrogen) atoms. The van der Waals surface area contributed by atoms with Gasteiger partial charge in [-0.2, -0.15) is 5.10 Å². The van der Waals surface area contributed by atoms with Crippen molar-refractivity contribution < 1.29 is 4.74 Å². The van der Waals surface area contributed by atoms with Gasteiger partial charge in [-0.1, -0.05) is 19.3 Å². The molecule has 0 bridgehead atoms. The summed E-state index contributed by atoms with van der Waals surface area (Å²) >= 11 is 3.67. The van der Waals surface area contributed by atoms with E-state index in [1.54, 1.807) is 0 Å². The van der Waals surface area contributed by atoms with Crippen LogP contribution >= 0.6 is 15.9 Å². The molecule has 0 aliphatic heterocycles. The minimum Gasteiger partial charge on any atom is -0.376 e. The summed E-state index contributed by atoms with van der Waals surface area (Å²) in [5, 5.41) is 8.00. The van der Waals surface area contributed by atoms with Crippen molar-refractivity contribution in [3.05, 3.63) is 16.4 Å². The van der Waals surface area contributed by atoms with E-state index in [1.807, 2.05) is 20.4 Å². The smallest absolute Gasteiger partial charge is 0.0888 e. The Morgan fingerprint density at radius 1 is 1.35 bits per heavy atom. The second kappa shape index (κ2) is 6.58. The molecular weight excluding hydrogens is 318 g/mol. The fourth-order valence-corrected chi connectivity index (χ4v) is 3.94. The molecule has 1 saturated carbocycles. The first-order valence-electron chi connectivity index (χ1n) is 7.51. The van der Waals surface area contributed by atoms with E-state index in [0.29, 0.717) is 6.04 Å². The summed E-state index contributed by atoms with van der Waals surface area (Å²) < 4.78 is 9.18. The van der Waals surface area contributed by atoms with Crippen molar-refractivity contribution >= 4 is 15.9 Å². The van der Waals surface area contributed by atoms with Crippen molar-refractivity contribution in [3.8, 4) is 0 Å². The highest BCUT2D eigenvalue weighted by Gasteiger charge is 2.42. The molecule has 4 nitrogen and oxygen atoms in total. The highest BCUT2D eigenvalue weighted by molar-refractivity contribution is 9.10. The average Bonchev–Trinajstić information content (AvgIpc) is 2.83. The molecule has 0 aromatic carbocycles. The van der Waals surface area contributed by atoms with Crippen LogP contribution in [0.25, 0.3) is 0 Å². The van der Waals surface area contributed by atoms with Gasteiger partial charge in [0.25, 0.3) is 0 Å². The van der Waals surface area contributed by atoms with Crippen LogP contribution in [0.2, 0.25) is 0 Å². The van der Waals surface area contributed by atoms with E-state index in [2.05, 4.69) is 44.9 Å². The second-order valence-corrected chi connectivity index (χ2v) is 6.82. The molecule has 1 aliphatic carbocycles. The fourth-order valence-electron chi connectivity index (χ4n) is 3.44. The summed E-state index contributed by atoms with van der Waals surface area (Å²) in [4.78, 5) is 0. The second-order valence-electron chi connectivity index (χ2n) is 5.97. The van der Waals surface area contributed by atoms with Crippen LogP contribution in [0.15, 0.2) is 10.7 Å². The van der Waals surface area contributed by atoms with E-state index in [0.717, 1.165) is 17.3 Å². The third-order valence-electron chi connectivity index (χ3n) is 4.47. The maximum atomic E-state index is 6.02. The summed E-state index contributed by atoms with van der Waals surface area (Å²) in [5.41, 5.74) is 1.08. The number of hydrogen-bond acceptors (Lipinski definition) is 3. The number of likely N-dealkylation sites (N-methyl/N-ethyl adjacent to an activating group) is 1. The predicted molar refractivity (Wildman–Crippen MR) is 84.9 cm³/mol. The molecule has 5 heteroatoms. The van der Waals surface area contributed by atoms with Crippen LogP contribution in [0.1, 0.15) is 63.7 Å². The first-order valence-corrected chi connectivity index (χ1v) is 8.30. The number of hydrogen-bond donors (Lipinski definition) is 1. The number of halogens is 1. The summed E-state index contributed by atoms with van der Waals surface area (Å²) in [5.74, 6) is 0. The third-order valence-corrected chi connectivity index (χ3v) is 5.08. The van der Waals surface area contributed by atoms with Gasteiger partial charge in [-0.25, -0.2) is 0 Å². The zero-order valence-corrected chi connectivity index (χ0v) is 14.5. The molecule has 1 N–H and O–H groups in total. The van der Waals surface area contributed by atoms with Crippen molar-refractivity contribution in [1.29, 1.82) is 0 Å². The van der Waals surface area contributed by atoms with Crippen LogP contribution in [-0.2, 0) is 4.74 Å². The molecule has 1 aromatic rings. The number of aromatic nitrogens is 2. The van der Waals surface area contributed by atoms with Crippen molar-refractivity contribution in [3.63, 3.8) is 0 Å². The number of nitrogens with one attached hydrogen (secondary N) is 1. The largest absolute Gasteiger partial charge is 0.376 e. The van der Waals surface area contributed by atoms with Gasteiger partial charge in [0.15, 0.2) is 0 Å². The van der Waals surface area contributed by atoms with Crippen LogP contribution in [0.4, 0.5) is 0 Å². The highest BCUT2D eigenvalue weighted by Crippen LogP contribution is 2.43. The van der Waals surface area contributed by atoms with E-state index >= 15 is 0 Å². The molecule has 1 aliphatic rings. The Hall–Kier alpha value is -0.390. The maximum absolute atomic E-state index is 6.02. The number of ether oxygens (including phenoxy) is 1. The monoisotopic (exact) mass is 343 g/mol. The van der Waals surface area contributed by atoms with Crippen LogP contribution in [0.5, 0.6) is 0 Å². The zero-order chi connectivity index (χ0) is 14.8. The van der Waals surface area contributed by atoms with Gasteiger partial charge in [0.05, 0.1) is 28.0 Å². The number of rotatable bonds is 5. The Morgan fingerprint density at radius 3 is 2.50 bits per heavy atom. The van der Waals surface area contributed by atoms with E-state index in [1.165, 1.54) is 25.0 Å². The van der Waals surface area contributed by atoms with Crippen LogP contribution in [0, 0.1) is 0 Å². The lowest BCUT2D eigenvalue weighted by atomic mass is 9.78. The Kier molecular flexibility index (Phi) is 5.26. The Bertz CT molecular complexity index is 438. The summed E-state index contributed by atoms with van der Waals surface area (Å²) in [6.45, 7) is 4.33. The molecule has 1 atom stereocenters. The van der Waals surface area contributed by atoms with Gasteiger partial charge in [0.2, 0.25) is 0 Å². The average molecular weight is 344 g/mol. The van der Waals surface area contributed by atoms with Crippen molar-refractivity contribution in [2.24, 2.45) is 0 Å². The van der Waals surface area contributed by atoms with Gasteiger partial charge in [-0.3, -0.25) is 4.68 Å². The van der Waals surface area contributed by atoms with Crippen LogP contribution in [0.3, 0.4) is 0 Å². The van der Waals surface area contributed by atoms with E-state index in [4.69, 9.17) is 4.74 Å². The normalized spacial score (nSPS) is 20.3. The van der Waals surface area contributed by atoms with Gasteiger partial charge in [0, 0.05) is 13.2 Å². The molecule has 2 rings (SSSR count). The first-order chi connectivity index (χ1) is 9.55. The van der Waals surface area contributed by atoms with Gasteiger partial charge >= 0.3 is 0 Å². The van der Waals surface area contributed by atoms with Crippen LogP contribution < -0.4 is 5.32 Å². The van der Waals surface area contributed by atoms with Gasteiger partial charge in [-0.05, 0) is 49.7 Å². The van der Waals surface area contributed by atoms with Crippen molar-refractivity contribution in [1.82, 2.24) is 15.1 Å². The summed E-state index contributed by atoms with van der Waals surface area (Å²) in [6.07, 6.45) is 7.88. The molecule has 0 spiro atoms. The molecule has 1 fully saturated rings. The quantitative estimate of drug-likeness (QED) is 0.882. The summed E-state index contributed by atoms with van der Waals surface area (Å²) in [7, 11) is 3.86. The lowest BCUT2D eigenvalue weighted by molar-refractivity contribution is -0.0693. The molecule has 0 amide bonds. The van der Waals surface area contributed by atoms with E-state index < -0.39 is 0 Å². The lowest BCUT2D eigenvalue weighted by Gasteiger charge is -2.42. The first kappa shape index (κ1) is 16.0.